The molecule has 2 aromatic carbocycles. The number of nitrogens with zero attached hydrogens (tertiary/aromatic N) is 2. The molecule has 2 rings (SSSR count). The SMILES string of the molecule is CCN(CC)C(=O)COc1ccc(NC(=O)CCNC(=O)N(C)Cc2ccccc2)cc1Cl. The van der Waals surface area contributed by atoms with E-state index in [4.69, 9.17) is 16.3 Å². The van der Waals surface area contributed by atoms with E-state index in [2.05, 4.69) is 10.6 Å². The van der Waals surface area contributed by atoms with Gasteiger partial charge in [0.15, 0.2) is 6.61 Å². The van der Waals surface area contributed by atoms with Crippen molar-refractivity contribution < 1.29 is 19.1 Å². The van der Waals surface area contributed by atoms with E-state index in [1.807, 2.05) is 44.2 Å². The Morgan fingerprint density at radius 3 is 2.36 bits per heavy atom. The first-order chi connectivity index (χ1) is 15.8. The molecule has 2 aromatic rings. The molecule has 2 N–H and O–H groups in total. The molecule has 0 spiro atoms. The first kappa shape index (κ1) is 26.0. The number of hydrogen-bond donors (Lipinski definition) is 2. The van der Waals surface area contributed by atoms with Crippen LogP contribution < -0.4 is 15.4 Å². The zero-order valence-electron chi connectivity index (χ0n) is 19.3. The predicted molar refractivity (Wildman–Crippen MR) is 129 cm³/mol. The van der Waals surface area contributed by atoms with Crippen molar-refractivity contribution in [1.82, 2.24) is 15.1 Å². The van der Waals surface area contributed by atoms with Gasteiger partial charge in [0.05, 0.1) is 5.02 Å². The molecule has 0 aliphatic carbocycles. The van der Waals surface area contributed by atoms with Crippen LogP contribution in [-0.2, 0) is 16.1 Å². The number of amides is 4. The number of benzene rings is 2. The molecule has 0 saturated carbocycles. The zero-order valence-corrected chi connectivity index (χ0v) is 20.0. The molecule has 4 amide bonds. The first-order valence-corrected chi connectivity index (χ1v) is 11.2. The maximum absolute atomic E-state index is 12.2. The Kier molecular flexibility index (Phi) is 10.5. The minimum absolute atomic E-state index is 0.106. The van der Waals surface area contributed by atoms with Gasteiger partial charge in [-0.05, 0) is 37.6 Å². The fourth-order valence-corrected chi connectivity index (χ4v) is 3.31. The molecular formula is C24H31ClN4O4. The van der Waals surface area contributed by atoms with E-state index in [-0.39, 0.29) is 42.4 Å². The van der Waals surface area contributed by atoms with Gasteiger partial charge in [-0.1, -0.05) is 41.9 Å². The van der Waals surface area contributed by atoms with Crippen LogP contribution in [-0.4, -0.2) is 60.9 Å². The Labute approximate surface area is 199 Å². The van der Waals surface area contributed by atoms with Crippen LogP contribution in [0.3, 0.4) is 0 Å². The Hall–Kier alpha value is -3.26. The summed E-state index contributed by atoms with van der Waals surface area (Å²) in [6.45, 7) is 5.60. The number of hydrogen-bond acceptors (Lipinski definition) is 4. The molecule has 8 nitrogen and oxygen atoms in total. The number of halogens is 1. The Balaban J connectivity index is 1.75. The highest BCUT2D eigenvalue weighted by Crippen LogP contribution is 2.27. The molecule has 0 aromatic heterocycles. The number of carbonyl (C=O) groups excluding carboxylic acids is 3. The average molecular weight is 475 g/mol. The molecule has 0 atom stereocenters. The molecule has 0 radical (unpaired) electrons. The van der Waals surface area contributed by atoms with Crippen molar-refractivity contribution in [2.75, 3.05) is 38.6 Å². The summed E-state index contributed by atoms with van der Waals surface area (Å²) in [5.41, 5.74) is 1.52. The van der Waals surface area contributed by atoms with Crippen LogP contribution in [0.1, 0.15) is 25.8 Å². The number of urea groups is 1. The summed E-state index contributed by atoms with van der Waals surface area (Å²) in [6, 6.07) is 14.2. The molecular weight excluding hydrogens is 444 g/mol. The van der Waals surface area contributed by atoms with Crippen molar-refractivity contribution in [1.29, 1.82) is 0 Å². The maximum atomic E-state index is 12.2. The summed E-state index contributed by atoms with van der Waals surface area (Å²) in [6.07, 6.45) is 0.110. The number of carbonyl (C=O) groups is 3. The molecule has 0 saturated heterocycles. The molecule has 0 heterocycles. The van der Waals surface area contributed by atoms with Gasteiger partial charge in [0.25, 0.3) is 5.91 Å². The van der Waals surface area contributed by atoms with Gasteiger partial charge >= 0.3 is 6.03 Å². The third-order valence-electron chi connectivity index (χ3n) is 4.92. The van der Waals surface area contributed by atoms with Gasteiger partial charge in [0.1, 0.15) is 5.75 Å². The lowest BCUT2D eigenvalue weighted by molar-refractivity contribution is -0.133. The molecule has 178 valence electrons. The molecule has 0 aliphatic rings. The van der Waals surface area contributed by atoms with E-state index in [1.165, 1.54) is 0 Å². The first-order valence-electron chi connectivity index (χ1n) is 10.9. The van der Waals surface area contributed by atoms with Crippen molar-refractivity contribution in [3.05, 3.63) is 59.1 Å². The van der Waals surface area contributed by atoms with Crippen molar-refractivity contribution in [2.24, 2.45) is 0 Å². The maximum Gasteiger partial charge on any atom is 0.317 e. The second-order valence-electron chi connectivity index (χ2n) is 7.37. The van der Waals surface area contributed by atoms with Crippen LogP contribution in [0.5, 0.6) is 5.75 Å². The van der Waals surface area contributed by atoms with E-state index in [0.717, 1.165) is 5.56 Å². The number of rotatable bonds is 11. The molecule has 33 heavy (non-hydrogen) atoms. The third kappa shape index (κ3) is 8.65. The average Bonchev–Trinajstić information content (AvgIpc) is 2.80. The normalized spacial score (nSPS) is 10.3. The number of ether oxygens (including phenoxy) is 1. The highest BCUT2D eigenvalue weighted by Gasteiger charge is 2.13. The van der Waals surface area contributed by atoms with Crippen molar-refractivity contribution in [3.8, 4) is 5.75 Å². The zero-order chi connectivity index (χ0) is 24.2. The van der Waals surface area contributed by atoms with Crippen LogP contribution in [0, 0.1) is 0 Å². The third-order valence-corrected chi connectivity index (χ3v) is 5.22. The second kappa shape index (κ2) is 13.3. The van der Waals surface area contributed by atoms with Gasteiger partial charge in [-0.25, -0.2) is 4.79 Å². The van der Waals surface area contributed by atoms with Crippen molar-refractivity contribution >= 4 is 35.1 Å². The largest absolute Gasteiger partial charge is 0.482 e. The van der Waals surface area contributed by atoms with Gasteiger partial charge in [-0.3, -0.25) is 9.59 Å². The predicted octanol–water partition coefficient (Wildman–Crippen LogP) is 3.76. The summed E-state index contributed by atoms with van der Waals surface area (Å²) in [4.78, 5) is 39.7. The number of nitrogens with one attached hydrogen (secondary N) is 2. The molecule has 0 unspecified atom stereocenters. The Morgan fingerprint density at radius 1 is 1.03 bits per heavy atom. The van der Waals surface area contributed by atoms with Gasteiger partial charge < -0.3 is 25.2 Å². The quantitative estimate of drug-likeness (QED) is 0.518. The smallest absolute Gasteiger partial charge is 0.317 e. The Morgan fingerprint density at radius 2 is 1.73 bits per heavy atom. The van der Waals surface area contributed by atoms with Gasteiger partial charge in [-0.15, -0.1) is 0 Å². The number of likely N-dealkylation sites (N-methyl/N-ethyl adjacent to an activating group) is 1. The Bertz CT molecular complexity index is 935. The van der Waals surface area contributed by atoms with Crippen LogP contribution in [0.2, 0.25) is 5.02 Å². The van der Waals surface area contributed by atoms with Crippen LogP contribution in [0.4, 0.5) is 10.5 Å². The van der Waals surface area contributed by atoms with Crippen LogP contribution in [0.25, 0.3) is 0 Å². The molecule has 0 fully saturated rings. The highest BCUT2D eigenvalue weighted by atomic mass is 35.5. The lowest BCUT2D eigenvalue weighted by Crippen LogP contribution is -2.38. The summed E-state index contributed by atoms with van der Waals surface area (Å²) in [5.74, 6) is -0.0174. The van der Waals surface area contributed by atoms with Crippen LogP contribution in [0.15, 0.2) is 48.5 Å². The lowest BCUT2D eigenvalue weighted by Gasteiger charge is -2.19. The van der Waals surface area contributed by atoms with E-state index in [9.17, 15) is 14.4 Å². The fraction of sp³-hybridized carbons (Fsp3) is 0.375. The summed E-state index contributed by atoms with van der Waals surface area (Å²) in [5, 5.41) is 5.75. The monoisotopic (exact) mass is 474 g/mol. The topological polar surface area (TPSA) is 91.0 Å². The summed E-state index contributed by atoms with van der Waals surface area (Å²) < 4.78 is 5.51. The van der Waals surface area contributed by atoms with E-state index >= 15 is 0 Å². The van der Waals surface area contributed by atoms with E-state index < -0.39 is 0 Å². The minimum Gasteiger partial charge on any atom is -0.482 e. The summed E-state index contributed by atoms with van der Waals surface area (Å²) >= 11 is 6.23. The molecule has 0 bridgehead atoms. The van der Waals surface area contributed by atoms with Gasteiger partial charge in [-0.2, -0.15) is 0 Å². The summed E-state index contributed by atoms with van der Waals surface area (Å²) in [7, 11) is 1.70. The van der Waals surface area contributed by atoms with Gasteiger partial charge in [0, 0.05) is 45.3 Å². The van der Waals surface area contributed by atoms with E-state index in [1.54, 1.807) is 35.0 Å². The minimum atomic E-state index is -0.262. The second-order valence-corrected chi connectivity index (χ2v) is 7.78. The van der Waals surface area contributed by atoms with Crippen LogP contribution >= 0.6 is 11.6 Å². The van der Waals surface area contributed by atoms with Crippen molar-refractivity contribution in [2.45, 2.75) is 26.8 Å². The highest BCUT2D eigenvalue weighted by molar-refractivity contribution is 6.32. The van der Waals surface area contributed by atoms with Gasteiger partial charge in [0.2, 0.25) is 5.91 Å². The number of anilines is 1. The van der Waals surface area contributed by atoms with E-state index in [0.29, 0.717) is 31.1 Å². The fourth-order valence-electron chi connectivity index (χ4n) is 3.07. The van der Waals surface area contributed by atoms with Crippen molar-refractivity contribution in [3.63, 3.8) is 0 Å². The standard InChI is InChI=1S/C24H31ClN4O4/c1-4-29(5-2)23(31)17-33-21-12-11-19(15-20(21)25)27-22(30)13-14-26-24(32)28(3)16-18-9-7-6-8-10-18/h6-12,15H,4-5,13-14,16-17H2,1-3H3,(H,26,32)(H,27,30). The lowest BCUT2D eigenvalue weighted by atomic mass is 10.2. The molecule has 0 aliphatic heterocycles. The molecule has 9 heteroatoms.